The second-order valence-electron chi connectivity index (χ2n) is 7.85. The summed E-state index contributed by atoms with van der Waals surface area (Å²) in [6.45, 7) is 8.63. The normalized spacial score (nSPS) is 19.5. The number of halogens is 1. The molecule has 8 nitrogen and oxygen atoms in total. The molecule has 2 atom stereocenters. The number of aliphatic hydroxyl groups is 1. The number of aliphatic hydroxyl groups excluding tert-OH is 1. The Bertz CT molecular complexity index is 1080. The molecular weight excluding hydrogens is 437 g/mol. The number of piperazine rings is 1. The van der Waals surface area contributed by atoms with Gasteiger partial charge in [-0.15, -0.1) is 0 Å². The highest BCUT2D eigenvalue weighted by Gasteiger charge is 2.34. The van der Waals surface area contributed by atoms with Gasteiger partial charge in [-0.3, -0.25) is 9.69 Å². The van der Waals surface area contributed by atoms with Gasteiger partial charge in [-0.1, -0.05) is 11.8 Å². The Hall–Kier alpha value is -2.14. The number of carbonyl (C=O) groups excluding carboxylic acids is 1. The van der Waals surface area contributed by atoms with Gasteiger partial charge < -0.3 is 24.0 Å². The molecule has 0 bridgehead atoms. The van der Waals surface area contributed by atoms with Crippen LogP contribution < -0.4 is 10.3 Å². The fraction of sp³-hybridized carbons (Fsp3) is 0.545. The number of hydrogen-bond donors (Lipinski definition) is 1. The van der Waals surface area contributed by atoms with Gasteiger partial charge in [-0.25, -0.2) is 9.18 Å². The van der Waals surface area contributed by atoms with E-state index in [0.29, 0.717) is 42.4 Å². The number of fused-ring (bicyclic) bond motifs is 3. The number of thioether (sulfide) groups is 1. The van der Waals surface area contributed by atoms with E-state index in [2.05, 4.69) is 4.90 Å². The predicted molar refractivity (Wildman–Crippen MR) is 121 cm³/mol. The summed E-state index contributed by atoms with van der Waals surface area (Å²) >= 11 is 1.44. The highest BCUT2D eigenvalue weighted by molar-refractivity contribution is 8.00. The number of anilines is 1. The van der Waals surface area contributed by atoms with Crippen LogP contribution in [0.1, 0.15) is 36.5 Å². The maximum atomic E-state index is 15.2. The largest absolute Gasteiger partial charge is 0.462 e. The lowest BCUT2D eigenvalue weighted by Gasteiger charge is -2.39. The first-order valence-corrected chi connectivity index (χ1v) is 11.7. The highest BCUT2D eigenvalue weighted by Crippen LogP contribution is 2.46. The van der Waals surface area contributed by atoms with Gasteiger partial charge >= 0.3 is 5.97 Å². The molecule has 1 saturated heterocycles. The molecular formula is C22H28FN3O5S. The fourth-order valence-corrected chi connectivity index (χ4v) is 5.47. The zero-order valence-electron chi connectivity index (χ0n) is 18.5. The quantitative estimate of drug-likeness (QED) is 0.625. The van der Waals surface area contributed by atoms with Crippen LogP contribution in [0.2, 0.25) is 0 Å². The molecule has 2 unspecified atom stereocenters. The summed E-state index contributed by atoms with van der Waals surface area (Å²) in [5, 5.41) is 9.73. The molecule has 0 radical (unpaired) electrons. The van der Waals surface area contributed by atoms with Gasteiger partial charge in [-0.2, -0.15) is 0 Å². The summed E-state index contributed by atoms with van der Waals surface area (Å²) in [5.74, 6) is -1.15. The van der Waals surface area contributed by atoms with E-state index in [1.165, 1.54) is 17.8 Å². The molecule has 2 aliphatic rings. The molecule has 174 valence electrons. The van der Waals surface area contributed by atoms with Crippen LogP contribution in [0.3, 0.4) is 0 Å². The number of rotatable bonds is 7. The second kappa shape index (κ2) is 9.38. The molecule has 4 rings (SSSR count). The van der Waals surface area contributed by atoms with E-state index in [4.69, 9.17) is 14.6 Å². The number of esters is 1. The van der Waals surface area contributed by atoms with E-state index in [1.807, 2.05) is 23.3 Å². The van der Waals surface area contributed by atoms with Gasteiger partial charge in [0.25, 0.3) is 0 Å². The van der Waals surface area contributed by atoms with Crippen molar-refractivity contribution in [3.8, 4) is 0 Å². The molecule has 1 fully saturated rings. The predicted octanol–water partition coefficient (Wildman–Crippen LogP) is 2.42. The number of aromatic nitrogens is 1. The van der Waals surface area contributed by atoms with Crippen LogP contribution in [0.4, 0.5) is 10.1 Å². The van der Waals surface area contributed by atoms with E-state index in [0.717, 1.165) is 0 Å². The Morgan fingerprint density at radius 2 is 2.03 bits per heavy atom. The molecule has 10 heteroatoms. The molecule has 1 aromatic heterocycles. The van der Waals surface area contributed by atoms with Gasteiger partial charge in [0.1, 0.15) is 17.6 Å². The van der Waals surface area contributed by atoms with Gasteiger partial charge in [0, 0.05) is 31.6 Å². The lowest BCUT2D eigenvalue weighted by molar-refractivity contribution is -0.0595. The third kappa shape index (κ3) is 4.00. The molecule has 1 aromatic carbocycles. The summed E-state index contributed by atoms with van der Waals surface area (Å²) in [5.41, 5.74) is 0.570. The first-order chi connectivity index (χ1) is 15.4. The van der Waals surface area contributed by atoms with Crippen molar-refractivity contribution in [2.45, 2.75) is 37.4 Å². The minimum Gasteiger partial charge on any atom is -0.462 e. The Labute approximate surface area is 189 Å². The number of pyridine rings is 1. The first kappa shape index (κ1) is 23.0. The lowest BCUT2D eigenvalue weighted by atomic mass is 10.1. The van der Waals surface area contributed by atoms with Crippen LogP contribution in [0.25, 0.3) is 10.9 Å². The summed E-state index contributed by atoms with van der Waals surface area (Å²) in [6.07, 6.45) is -0.122. The summed E-state index contributed by atoms with van der Waals surface area (Å²) in [4.78, 5) is 29.6. The topological polar surface area (TPSA) is 84.2 Å². The van der Waals surface area contributed by atoms with Crippen molar-refractivity contribution in [3.63, 3.8) is 0 Å². The molecule has 0 spiro atoms. The van der Waals surface area contributed by atoms with Crippen LogP contribution in [0.5, 0.6) is 0 Å². The minimum absolute atomic E-state index is 0.0138. The fourth-order valence-electron chi connectivity index (χ4n) is 4.32. The monoisotopic (exact) mass is 465 g/mol. The van der Waals surface area contributed by atoms with Gasteiger partial charge in [0.05, 0.1) is 41.4 Å². The maximum absolute atomic E-state index is 15.2. The zero-order valence-corrected chi connectivity index (χ0v) is 19.3. The third-order valence-corrected chi connectivity index (χ3v) is 7.15. The third-order valence-electron chi connectivity index (χ3n) is 5.97. The number of nitrogens with zero attached hydrogens (tertiary/aromatic N) is 3. The molecule has 2 aliphatic heterocycles. The first-order valence-electron chi connectivity index (χ1n) is 10.8. The minimum atomic E-state index is -0.666. The molecule has 3 heterocycles. The van der Waals surface area contributed by atoms with Crippen molar-refractivity contribution in [1.82, 2.24) is 9.47 Å². The van der Waals surface area contributed by atoms with Crippen LogP contribution in [0.15, 0.2) is 22.0 Å². The molecule has 0 aliphatic carbocycles. The summed E-state index contributed by atoms with van der Waals surface area (Å²) in [6, 6.07) is 2.97. The van der Waals surface area contributed by atoms with E-state index in [1.54, 1.807) is 13.0 Å². The zero-order chi connectivity index (χ0) is 23.0. The Balaban J connectivity index is 1.66. The Morgan fingerprint density at radius 1 is 1.31 bits per heavy atom. The standard InChI is InChI=1S/C22H28FN3O5S/c1-4-30-22(29)19-20(28)15-11-16(23)18(12-17(15)26-14(3)32-21(19)26)25-7-5-24(6-8-25)13(2)31-10-9-27/h11-14,27H,4-10H2,1-3H3. The molecule has 2 aromatic rings. The van der Waals surface area contributed by atoms with Crippen molar-refractivity contribution in [2.24, 2.45) is 0 Å². The van der Waals surface area contributed by atoms with Crippen molar-refractivity contribution < 1.29 is 23.8 Å². The van der Waals surface area contributed by atoms with Crippen LogP contribution in [-0.4, -0.2) is 72.8 Å². The number of carbonyl (C=O) groups is 1. The summed E-state index contributed by atoms with van der Waals surface area (Å²) < 4.78 is 27.7. The molecule has 0 amide bonds. The molecule has 0 saturated carbocycles. The Morgan fingerprint density at radius 3 is 2.66 bits per heavy atom. The van der Waals surface area contributed by atoms with E-state index in [9.17, 15) is 9.59 Å². The summed E-state index contributed by atoms with van der Waals surface area (Å²) in [7, 11) is 0. The molecule has 1 N–H and O–H groups in total. The number of benzene rings is 1. The van der Waals surface area contributed by atoms with Crippen LogP contribution in [-0.2, 0) is 9.47 Å². The second-order valence-corrected chi connectivity index (χ2v) is 9.16. The average molecular weight is 466 g/mol. The maximum Gasteiger partial charge on any atom is 0.344 e. The molecule has 32 heavy (non-hydrogen) atoms. The van der Waals surface area contributed by atoms with Crippen LogP contribution in [0, 0.1) is 5.82 Å². The van der Waals surface area contributed by atoms with Crippen molar-refractivity contribution in [1.29, 1.82) is 0 Å². The number of hydrogen-bond acceptors (Lipinski definition) is 8. The average Bonchev–Trinajstić information content (AvgIpc) is 2.77. The SMILES string of the molecule is CCOC(=O)c1c2n(c3cc(N4CCN(C(C)OCCO)CC4)c(F)cc3c1=O)C(C)S2. The van der Waals surface area contributed by atoms with Crippen molar-refractivity contribution in [2.75, 3.05) is 50.9 Å². The smallest absolute Gasteiger partial charge is 0.344 e. The number of ether oxygens (including phenoxy) is 2. The van der Waals surface area contributed by atoms with Crippen molar-refractivity contribution in [3.05, 3.63) is 33.7 Å². The van der Waals surface area contributed by atoms with Gasteiger partial charge in [0.2, 0.25) is 5.43 Å². The van der Waals surface area contributed by atoms with Gasteiger partial charge in [-0.05, 0) is 32.9 Å². The Kier molecular flexibility index (Phi) is 6.75. The highest BCUT2D eigenvalue weighted by atomic mass is 32.2. The van der Waals surface area contributed by atoms with E-state index >= 15 is 4.39 Å². The van der Waals surface area contributed by atoms with Gasteiger partial charge in [0.15, 0.2) is 0 Å². The van der Waals surface area contributed by atoms with E-state index in [-0.39, 0.29) is 42.4 Å². The van der Waals surface area contributed by atoms with Crippen LogP contribution >= 0.6 is 11.8 Å². The lowest BCUT2D eigenvalue weighted by Crippen LogP contribution is -2.50. The van der Waals surface area contributed by atoms with E-state index < -0.39 is 17.2 Å². The van der Waals surface area contributed by atoms with Crippen molar-refractivity contribution >= 4 is 34.3 Å².